The summed E-state index contributed by atoms with van der Waals surface area (Å²) in [7, 11) is 0. The van der Waals surface area contributed by atoms with Gasteiger partial charge in [-0.2, -0.15) is 0 Å². The van der Waals surface area contributed by atoms with Crippen LogP contribution in [0.2, 0.25) is 0 Å². The van der Waals surface area contributed by atoms with Gasteiger partial charge in [0.05, 0.1) is 4.62 Å². The Labute approximate surface area is 90.8 Å². The summed E-state index contributed by atoms with van der Waals surface area (Å²) >= 11 is 3.46. The summed E-state index contributed by atoms with van der Waals surface area (Å²) in [6, 6.07) is 2.02. The second kappa shape index (κ2) is 3.05. The van der Waals surface area contributed by atoms with Crippen LogP contribution in [0.3, 0.4) is 0 Å². The number of aromatic nitrogens is 1. The Morgan fingerprint density at radius 2 is 2.43 bits per heavy atom. The van der Waals surface area contributed by atoms with Crippen molar-refractivity contribution in [3.63, 3.8) is 0 Å². The number of halogens is 1. The average molecular weight is 252 g/mol. The van der Waals surface area contributed by atoms with E-state index in [4.69, 9.17) is 0 Å². The predicted molar refractivity (Wildman–Crippen MR) is 60.0 cm³/mol. The van der Waals surface area contributed by atoms with E-state index in [1.165, 1.54) is 11.3 Å². The molecule has 0 radical (unpaired) electrons. The first kappa shape index (κ1) is 8.41. The summed E-state index contributed by atoms with van der Waals surface area (Å²) in [5.41, 5.74) is 2.52. The average Bonchev–Trinajstić information content (AvgIpc) is 2.54. The largest absolute Gasteiger partial charge is 0.363 e. The molecule has 0 saturated carbocycles. The minimum atomic E-state index is 0.220. The van der Waals surface area contributed by atoms with Crippen molar-refractivity contribution in [2.45, 2.75) is 24.9 Å². The van der Waals surface area contributed by atoms with E-state index in [1.807, 2.05) is 18.5 Å². The molecular weight excluding hydrogens is 242 g/mol. The Hall–Kier alpha value is -0.900. The quantitative estimate of drug-likeness (QED) is 0.770. The van der Waals surface area contributed by atoms with Gasteiger partial charge in [-0.3, -0.25) is 9.98 Å². The van der Waals surface area contributed by atoms with Crippen LogP contribution in [-0.4, -0.2) is 15.8 Å². The maximum atomic E-state index is 4.55. The molecule has 2 aliphatic heterocycles. The van der Waals surface area contributed by atoms with E-state index >= 15 is 0 Å². The van der Waals surface area contributed by atoms with Gasteiger partial charge in [-0.15, -0.1) is 0 Å². The van der Waals surface area contributed by atoms with Gasteiger partial charge in [0.15, 0.2) is 0 Å². The van der Waals surface area contributed by atoms with Crippen molar-refractivity contribution in [3.05, 3.63) is 24.0 Å². The van der Waals surface area contributed by atoms with Crippen LogP contribution in [0.5, 0.6) is 0 Å². The van der Waals surface area contributed by atoms with Crippen LogP contribution in [0, 0.1) is 0 Å². The molecular formula is C10H10BrN3. The Morgan fingerprint density at radius 3 is 3.36 bits per heavy atom. The van der Waals surface area contributed by atoms with Crippen LogP contribution >= 0.6 is 15.9 Å². The monoisotopic (exact) mass is 251 g/mol. The van der Waals surface area contributed by atoms with E-state index in [0.717, 1.165) is 17.5 Å². The number of nitrogens with one attached hydrogen (secondary N) is 1. The van der Waals surface area contributed by atoms with Crippen molar-refractivity contribution in [1.82, 2.24) is 4.98 Å². The van der Waals surface area contributed by atoms with Crippen LogP contribution in [-0.2, 0) is 0 Å². The summed E-state index contributed by atoms with van der Waals surface area (Å²) in [5, 5.41) is 3.41. The Morgan fingerprint density at radius 1 is 1.50 bits per heavy atom. The number of pyridine rings is 1. The Bertz CT molecular complexity index is 402. The van der Waals surface area contributed by atoms with Crippen LogP contribution < -0.4 is 5.32 Å². The van der Waals surface area contributed by atoms with Crippen molar-refractivity contribution < 1.29 is 0 Å². The highest BCUT2D eigenvalue weighted by atomic mass is 79.9. The van der Waals surface area contributed by atoms with Gasteiger partial charge >= 0.3 is 0 Å². The molecule has 72 valence electrons. The third-order valence-electron chi connectivity index (χ3n) is 2.88. The van der Waals surface area contributed by atoms with Gasteiger partial charge in [-0.25, -0.2) is 0 Å². The fourth-order valence-corrected chi connectivity index (χ4v) is 2.64. The molecule has 3 nitrogen and oxygen atoms in total. The van der Waals surface area contributed by atoms with E-state index in [0.29, 0.717) is 5.92 Å². The third-order valence-corrected chi connectivity index (χ3v) is 3.48. The number of anilines is 1. The molecule has 14 heavy (non-hydrogen) atoms. The van der Waals surface area contributed by atoms with Crippen LogP contribution in [0.1, 0.15) is 24.3 Å². The number of rotatable bonds is 0. The van der Waals surface area contributed by atoms with Crippen molar-refractivity contribution in [3.8, 4) is 0 Å². The maximum Gasteiger partial charge on any atom is 0.126 e. The van der Waals surface area contributed by atoms with Crippen molar-refractivity contribution in [2.75, 3.05) is 5.32 Å². The molecule has 3 heterocycles. The highest BCUT2D eigenvalue weighted by Crippen LogP contribution is 2.41. The lowest BCUT2D eigenvalue weighted by Crippen LogP contribution is -2.23. The summed E-state index contributed by atoms with van der Waals surface area (Å²) in [6.45, 7) is 0. The molecule has 1 aromatic rings. The summed E-state index contributed by atoms with van der Waals surface area (Å²) in [5.74, 6) is 0.514. The topological polar surface area (TPSA) is 37.3 Å². The lowest BCUT2D eigenvalue weighted by Gasteiger charge is -2.21. The second-order valence-electron chi connectivity index (χ2n) is 3.70. The fraction of sp³-hybridized carbons (Fsp3) is 0.400. The minimum Gasteiger partial charge on any atom is -0.363 e. The van der Waals surface area contributed by atoms with Gasteiger partial charge in [-0.05, 0) is 34.8 Å². The third kappa shape index (κ3) is 1.17. The van der Waals surface area contributed by atoms with E-state index in [2.05, 4.69) is 31.2 Å². The molecule has 1 N–H and O–H groups in total. The van der Waals surface area contributed by atoms with Crippen LogP contribution in [0.15, 0.2) is 23.5 Å². The van der Waals surface area contributed by atoms with E-state index in [9.17, 15) is 0 Å². The zero-order valence-electron chi connectivity index (χ0n) is 7.57. The lowest BCUT2D eigenvalue weighted by atomic mass is 9.94. The second-order valence-corrected chi connectivity index (χ2v) is 4.62. The SMILES string of the molecule is BrC1=NC2Nc3ccncc3C2CC1. The van der Waals surface area contributed by atoms with Crippen LogP contribution in [0.4, 0.5) is 5.69 Å². The summed E-state index contributed by atoms with van der Waals surface area (Å²) < 4.78 is 1.08. The van der Waals surface area contributed by atoms with Crippen molar-refractivity contribution in [2.24, 2.45) is 4.99 Å². The Balaban J connectivity index is 2.03. The molecule has 2 aliphatic rings. The lowest BCUT2D eigenvalue weighted by molar-refractivity contribution is 0.558. The molecule has 3 rings (SSSR count). The molecule has 0 aliphatic carbocycles. The number of nitrogens with zero attached hydrogens (tertiary/aromatic N) is 2. The number of fused-ring (bicyclic) bond motifs is 3. The Kier molecular flexibility index (Phi) is 1.83. The molecule has 0 saturated heterocycles. The molecule has 0 aromatic carbocycles. The molecule has 1 aromatic heterocycles. The first-order valence-corrected chi connectivity index (χ1v) is 5.56. The first-order chi connectivity index (χ1) is 6.84. The van der Waals surface area contributed by atoms with Gasteiger partial charge in [-0.1, -0.05) is 0 Å². The number of hydrogen-bond acceptors (Lipinski definition) is 3. The molecule has 0 fully saturated rings. The minimum absolute atomic E-state index is 0.220. The zero-order valence-corrected chi connectivity index (χ0v) is 9.16. The summed E-state index contributed by atoms with van der Waals surface area (Å²) in [6.07, 6.45) is 6.19. The molecule has 0 amide bonds. The number of hydrogen-bond donors (Lipinski definition) is 1. The predicted octanol–water partition coefficient (Wildman–Crippen LogP) is 2.50. The summed E-state index contributed by atoms with van der Waals surface area (Å²) in [4.78, 5) is 8.72. The van der Waals surface area contributed by atoms with E-state index in [-0.39, 0.29) is 6.17 Å². The molecule has 2 atom stereocenters. The maximum absolute atomic E-state index is 4.55. The van der Waals surface area contributed by atoms with E-state index < -0.39 is 0 Å². The van der Waals surface area contributed by atoms with Gasteiger partial charge in [0.2, 0.25) is 0 Å². The standard InChI is InChI=1S/C10H10BrN3/c11-9-2-1-6-7-5-12-4-3-8(7)13-10(6)14-9/h3-6,10,13H,1-2H2. The molecule has 0 spiro atoms. The zero-order chi connectivity index (χ0) is 9.54. The normalized spacial score (nSPS) is 28.8. The highest BCUT2D eigenvalue weighted by Gasteiger charge is 2.34. The highest BCUT2D eigenvalue weighted by molar-refractivity contribution is 9.18. The van der Waals surface area contributed by atoms with E-state index in [1.54, 1.807) is 0 Å². The van der Waals surface area contributed by atoms with Gasteiger partial charge in [0.1, 0.15) is 6.17 Å². The molecule has 4 heteroatoms. The molecule has 0 bridgehead atoms. The van der Waals surface area contributed by atoms with Crippen molar-refractivity contribution >= 4 is 26.2 Å². The smallest absolute Gasteiger partial charge is 0.126 e. The number of aliphatic imine (C=N–C) groups is 1. The van der Waals surface area contributed by atoms with Gasteiger partial charge in [0, 0.05) is 29.6 Å². The van der Waals surface area contributed by atoms with Gasteiger partial charge < -0.3 is 5.32 Å². The first-order valence-electron chi connectivity index (χ1n) is 4.77. The molecule has 2 unspecified atom stereocenters. The van der Waals surface area contributed by atoms with Crippen LogP contribution in [0.25, 0.3) is 0 Å². The van der Waals surface area contributed by atoms with Gasteiger partial charge in [0.25, 0.3) is 0 Å². The van der Waals surface area contributed by atoms with Crippen molar-refractivity contribution in [1.29, 1.82) is 0 Å². The fourth-order valence-electron chi connectivity index (χ4n) is 2.19.